The molecule has 0 aliphatic carbocycles. The minimum absolute atomic E-state index is 0.328. The Morgan fingerprint density at radius 3 is 2.50 bits per heavy atom. The molecule has 2 rings (SSSR count). The van der Waals surface area contributed by atoms with Gasteiger partial charge in [0.15, 0.2) is 9.84 Å². The van der Waals surface area contributed by atoms with Crippen LogP contribution in [0.25, 0.3) is 11.0 Å². The molecular formula is C13H18N2O2S. The van der Waals surface area contributed by atoms with Crippen LogP contribution < -0.4 is 0 Å². The van der Waals surface area contributed by atoms with Crippen molar-refractivity contribution in [1.82, 2.24) is 9.97 Å². The van der Waals surface area contributed by atoms with E-state index in [1.54, 1.807) is 18.2 Å². The Hall–Kier alpha value is -1.36. The summed E-state index contributed by atoms with van der Waals surface area (Å²) in [4.78, 5) is 8.09. The molecule has 0 radical (unpaired) electrons. The lowest BCUT2D eigenvalue weighted by Gasteiger charge is -2.07. The molecule has 0 amide bonds. The predicted molar refractivity (Wildman–Crippen MR) is 72.5 cm³/mol. The van der Waals surface area contributed by atoms with Crippen molar-refractivity contribution in [2.24, 2.45) is 0 Å². The van der Waals surface area contributed by atoms with Crippen LogP contribution >= 0.6 is 0 Å². The van der Waals surface area contributed by atoms with E-state index in [4.69, 9.17) is 0 Å². The van der Waals surface area contributed by atoms with Crippen molar-refractivity contribution in [2.45, 2.75) is 37.5 Å². The third-order valence-electron chi connectivity index (χ3n) is 3.27. The molecule has 2 aromatic rings. The summed E-state index contributed by atoms with van der Waals surface area (Å²) in [5.41, 5.74) is 1.61. The second-order valence-electron chi connectivity index (χ2n) is 4.59. The summed E-state index contributed by atoms with van der Waals surface area (Å²) in [6, 6.07) is 5.02. The zero-order valence-electron chi connectivity index (χ0n) is 10.9. The highest BCUT2D eigenvalue weighted by atomic mass is 32.2. The average Bonchev–Trinajstić information content (AvgIpc) is 2.71. The van der Waals surface area contributed by atoms with E-state index in [-0.39, 0.29) is 0 Å². The zero-order chi connectivity index (χ0) is 13.3. The van der Waals surface area contributed by atoms with Crippen LogP contribution in [0.15, 0.2) is 23.1 Å². The number of H-pyrrole nitrogens is 1. The standard InChI is InChI=1S/C13H18N2O2S/c1-4-9(5-2)13-14-11-7-6-10(18(3,16)17)8-12(11)15-13/h6-9H,4-5H2,1-3H3,(H,14,15). The quantitative estimate of drug-likeness (QED) is 0.925. The number of nitrogens with one attached hydrogen (secondary N) is 1. The van der Waals surface area contributed by atoms with Gasteiger partial charge in [0, 0.05) is 12.2 Å². The van der Waals surface area contributed by atoms with Gasteiger partial charge in [-0.05, 0) is 31.0 Å². The first kappa shape index (κ1) is 13.1. The Bertz CT molecular complexity index is 655. The summed E-state index contributed by atoms with van der Waals surface area (Å²) in [7, 11) is -3.16. The van der Waals surface area contributed by atoms with E-state index < -0.39 is 9.84 Å². The summed E-state index contributed by atoms with van der Waals surface area (Å²) >= 11 is 0. The van der Waals surface area contributed by atoms with E-state index in [2.05, 4.69) is 23.8 Å². The van der Waals surface area contributed by atoms with Crippen molar-refractivity contribution in [2.75, 3.05) is 6.26 Å². The van der Waals surface area contributed by atoms with Crippen molar-refractivity contribution < 1.29 is 8.42 Å². The summed E-state index contributed by atoms with van der Waals surface area (Å²) < 4.78 is 23.0. The Morgan fingerprint density at radius 1 is 1.28 bits per heavy atom. The summed E-state index contributed by atoms with van der Waals surface area (Å²) in [6.45, 7) is 4.26. The third kappa shape index (κ3) is 2.41. The topological polar surface area (TPSA) is 62.8 Å². The van der Waals surface area contributed by atoms with E-state index in [1.165, 1.54) is 6.26 Å². The molecule has 0 spiro atoms. The SMILES string of the molecule is CCC(CC)c1nc2ccc(S(C)(=O)=O)cc2[nH]1. The predicted octanol–water partition coefficient (Wildman–Crippen LogP) is 2.87. The first-order chi connectivity index (χ1) is 8.45. The fourth-order valence-electron chi connectivity index (χ4n) is 2.11. The van der Waals surface area contributed by atoms with Gasteiger partial charge >= 0.3 is 0 Å². The number of sulfone groups is 1. The number of hydrogen-bond donors (Lipinski definition) is 1. The molecule has 4 nitrogen and oxygen atoms in total. The summed E-state index contributed by atoms with van der Waals surface area (Å²) in [6.07, 6.45) is 3.26. The Morgan fingerprint density at radius 2 is 1.94 bits per heavy atom. The van der Waals surface area contributed by atoms with Gasteiger partial charge in [-0.25, -0.2) is 13.4 Å². The molecule has 0 atom stereocenters. The van der Waals surface area contributed by atoms with Crippen LogP contribution in [-0.2, 0) is 9.84 Å². The number of hydrogen-bond acceptors (Lipinski definition) is 3. The lowest BCUT2D eigenvalue weighted by Crippen LogP contribution is -1.97. The van der Waals surface area contributed by atoms with Crippen molar-refractivity contribution in [3.8, 4) is 0 Å². The number of imidazole rings is 1. The van der Waals surface area contributed by atoms with Gasteiger partial charge in [0.2, 0.25) is 0 Å². The molecule has 0 aliphatic rings. The zero-order valence-corrected chi connectivity index (χ0v) is 11.7. The minimum atomic E-state index is -3.16. The number of benzene rings is 1. The van der Waals surface area contributed by atoms with Crippen LogP contribution in [0.5, 0.6) is 0 Å². The largest absolute Gasteiger partial charge is 0.342 e. The van der Waals surface area contributed by atoms with Crippen molar-refractivity contribution in [1.29, 1.82) is 0 Å². The van der Waals surface area contributed by atoms with E-state index in [0.29, 0.717) is 10.8 Å². The van der Waals surface area contributed by atoms with Crippen LogP contribution in [0.1, 0.15) is 38.4 Å². The normalized spacial score (nSPS) is 12.4. The van der Waals surface area contributed by atoms with Crippen LogP contribution in [0.3, 0.4) is 0 Å². The maximum atomic E-state index is 11.5. The number of nitrogens with zero attached hydrogens (tertiary/aromatic N) is 1. The van der Waals surface area contributed by atoms with Crippen molar-refractivity contribution in [3.05, 3.63) is 24.0 Å². The number of aromatic nitrogens is 2. The average molecular weight is 266 g/mol. The van der Waals surface area contributed by atoms with Crippen LogP contribution in [0.2, 0.25) is 0 Å². The second-order valence-corrected chi connectivity index (χ2v) is 6.60. The van der Waals surface area contributed by atoms with Crippen LogP contribution in [0.4, 0.5) is 0 Å². The van der Waals surface area contributed by atoms with Gasteiger partial charge in [0.25, 0.3) is 0 Å². The first-order valence-electron chi connectivity index (χ1n) is 6.15. The van der Waals surface area contributed by atoms with Crippen LogP contribution in [0, 0.1) is 0 Å². The molecule has 0 saturated carbocycles. The molecule has 1 N–H and O–H groups in total. The molecule has 1 aromatic heterocycles. The molecule has 0 unspecified atom stereocenters. The van der Waals surface area contributed by atoms with E-state index >= 15 is 0 Å². The van der Waals surface area contributed by atoms with Gasteiger partial charge in [0.05, 0.1) is 15.9 Å². The Labute approximate surface area is 107 Å². The van der Waals surface area contributed by atoms with Gasteiger partial charge in [-0.15, -0.1) is 0 Å². The Balaban J connectivity index is 2.52. The highest BCUT2D eigenvalue weighted by molar-refractivity contribution is 7.90. The third-order valence-corrected chi connectivity index (χ3v) is 4.38. The summed E-state index contributed by atoms with van der Waals surface area (Å²) in [5.74, 6) is 1.35. The van der Waals surface area contributed by atoms with Crippen molar-refractivity contribution in [3.63, 3.8) is 0 Å². The molecular weight excluding hydrogens is 248 g/mol. The van der Waals surface area contributed by atoms with Gasteiger partial charge in [0.1, 0.15) is 5.82 Å². The van der Waals surface area contributed by atoms with Gasteiger partial charge in [-0.1, -0.05) is 13.8 Å². The number of fused-ring (bicyclic) bond motifs is 1. The Kier molecular flexibility index (Phi) is 3.43. The van der Waals surface area contributed by atoms with Gasteiger partial charge in [-0.3, -0.25) is 0 Å². The molecule has 0 bridgehead atoms. The fraction of sp³-hybridized carbons (Fsp3) is 0.462. The molecule has 0 saturated heterocycles. The molecule has 98 valence electrons. The molecule has 18 heavy (non-hydrogen) atoms. The van der Waals surface area contributed by atoms with Gasteiger partial charge in [-0.2, -0.15) is 0 Å². The van der Waals surface area contributed by atoms with Crippen molar-refractivity contribution >= 4 is 20.9 Å². The highest BCUT2D eigenvalue weighted by Crippen LogP contribution is 2.24. The lowest BCUT2D eigenvalue weighted by molar-refractivity contribution is 0.602. The maximum absolute atomic E-state index is 11.5. The van der Waals surface area contributed by atoms with E-state index in [0.717, 1.165) is 29.7 Å². The molecule has 0 fully saturated rings. The monoisotopic (exact) mass is 266 g/mol. The maximum Gasteiger partial charge on any atom is 0.175 e. The van der Waals surface area contributed by atoms with E-state index in [9.17, 15) is 8.42 Å². The minimum Gasteiger partial charge on any atom is -0.342 e. The highest BCUT2D eigenvalue weighted by Gasteiger charge is 2.14. The number of aromatic amines is 1. The van der Waals surface area contributed by atoms with Crippen LogP contribution in [-0.4, -0.2) is 24.6 Å². The molecule has 5 heteroatoms. The fourth-order valence-corrected chi connectivity index (χ4v) is 2.75. The van der Waals surface area contributed by atoms with Gasteiger partial charge < -0.3 is 4.98 Å². The van der Waals surface area contributed by atoms with E-state index in [1.807, 2.05) is 0 Å². The number of rotatable bonds is 4. The second kappa shape index (κ2) is 4.72. The smallest absolute Gasteiger partial charge is 0.175 e. The molecule has 0 aliphatic heterocycles. The molecule has 1 aromatic carbocycles. The molecule has 1 heterocycles. The lowest BCUT2D eigenvalue weighted by atomic mass is 10.0. The first-order valence-corrected chi connectivity index (χ1v) is 8.04. The summed E-state index contributed by atoms with van der Waals surface area (Å²) in [5, 5.41) is 0.